The molecule has 0 unspecified atom stereocenters. The molecule has 1 aromatic heterocycles. The first-order valence-electron chi connectivity index (χ1n) is 12.1. The zero-order chi connectivity index (χ0) is 23.8. The summed E-state index contributed by atoms with van der Waals surface area (Å²) in [5, 5.41) is 2.95. The molecular formula is C28H34N2O3S. The second kappa shape index (κ2) is 12.1. The molecule has 0 aliphatic carbocycles. The molecule has 1 aliphatic rings. The van der Waals surface area contributed by atoms with Crippen molar-refractivity contribution >= 4 is 16.7 Å². The van der Waals surface area contributed by atoms with E-state index in [-0.39, 0.29) is 17.4 Å². The minimum absolute atomic E-state index is 0.214. The number of rotatable bonds is 10. The standard InChI is InChI=1S/C28H34N2O3S/c1-22-7-5-10-26(19-22)34(32)21-25-11-12-27(33-25)28(31)29-15-6-16-30-17-13-24(14-18-30)20-23-8-3-2-4-9-23/h2-5,7-12,19,24H,6,13-18,20-21H2,1H3,(H,29,31)/t34-/m0/s1. The van der Waals surface area contributed by atoms with Crippen LogP contribution < -0.4 is 5.32 Å². The number of hydrogen-bond acceptors (Lipinski definition) is 4. The number of hydrogen-bond donors (Lipinski definition) is 1. The molecule has 1 atom stereocenters. The zero-order valence-electron chi connectivity index (χ0n) is 19.9. The lowest BCUT2D eigenvalue weighted by molar-refractivity contribution is 0.0921. The van der Waals surface area contributed by atoms with Gasteiger partial charge < -0.3 is 14.6 Å². The zero-order valence-corrected chi connectivity index (χ0v) is 20.7. The third-order valence-corrected chi connectivity index (χ3v) is 7.75. The summed E-state index contributed by atoms with van der Waals surface area (Å²) < 4.78 is 18.2. The smallest absolute Gasteiger partial charge is 0.286 e. The van der Waals surface area contributed by atoms with Gasteiger partial charge in [0.2, 0.25) is 0 Å². The molecule has 6 heteroatoms. The number of nitrogens with one attached hydrogen (secondary N) is 1. The highest BCUT2D eigenvalue weighted by Gasteiger charge is 2.19. The van der Waals surface area contributed by atoms with E-state index in [0.29, 0.717) is 12.3 Å². The Morgan fingerprint density at radius 2 is 1.85 bits per heavy atom. The van der Waals surface area contributed by atoms with Crippen LogP contribution in [0, 0.1) is 12.8 Å². The van der Waals surface area contributed by atoms with Gasteiger partial charge in [-0.2, -0.15) is 0 Å². The van der Waals surface area contributed by atoms with Crippen LogP contribution in [0.3, 0.4) is 0 Å². The lowest BCUT2D eigenvalue weighted by Gasteiger charge is -2.32. The fraction of sp³-hybridized carbons (Fsp3) is 0.393. The highest BCUT2D eigenvalue weighted by atomic mass is 32.2. The number of furan rings is 1. The average molecular weight is 479 g/mol. The fourth-order valence-electron chi connectivity index (χ4n) is 4.50. The highest BCUT2D eigenvalue weighted by Crippen LogP contribution is 2.21. The Morgan fingerprint density at radius 3 is 2.62 bits per heavy atom. The molecule has 1 aliphatic heterocycles. The molecule has 1 saturated heterocycles. The monoisotopic (exact) mass is 478 g/mol. The predicted octanol–water partition coefficient (Wildman–Crippen LogP) is 4.97. The summed E-state index contributed by atoms with van der Waals surface area (Å²) >= 11 is 0. The molecule has 1 fully saturated rings. The van der Waals surface area contributed by atoms with Gasteiger partial charge in [-0.05, 0) is 93.6 Å². The number of aryl methyl sites for hydroxylation is 1. The first-order valence-corrected chi connectivity index (χ1v) is 13.5. The molecule has 1 N–H and O–H groups in total. The van der Waals surface area contributed by atoms with E-state index < -0.39 is 10.8 Å². The Kier molecular flexibility index (Phi) is 8.72. The van der Waals surface area contributed by atoms with E-state index >= 15 is 0 Å². The minimum atomic E-state index is -1.20. The van der Waals surface area contributed by atoms with Gasteiger partial charge in [0.05, 0.1) is 16.6 Å². The third kappa shape index (κ3) is 7.15. The molecule has 2 aromatic carbocycles. The van der Waals surface area contributed by atoms with Crippen molar-refractivity contribution < 1.29 is 13.4 Å². The Morgan fingerprint density at radius 1 is 1.06 bits per heavy atom. The van der Waals surface area contributed by atoms with Crippen LogP contribution in [0.1, 0.15) is 46.7 Å². The number of amides is 1. The molecule has 1 amide bonds. The number of piperidine rings is 1. The maximum atomic E-state index is 12.6. The highest BCUT2D eigenvalue weighted by molar-refractivity contribution is 7.84. The number of likely N-dealkylation sites (tertiary alicyclic amines) is 1. The van der Waals surface area contributed by atoms with Crippen LogP contribution in [0.2, 0.25) is 0 Å². The number of carbonyl (C=O) groups is 1. The summed E-state index contributed by atoms with van der Waals surface area (Å²) in [4.78, 5) is 15.7. The van der Waals surface area contributed by atoms with E-state index in [9.17, 15) is 9.00 Å². The molecule has 5 nitrogen and oxygen atoms in total. The van der Waals surface area contributed by atoms with Crippen molar-refractivity contribution in [1.29, 1.82) is 0 Å². The van der Waals surface area contributed by atoms with Crippen LogP contribution in [0.15, 0.2) is 76.0 Å². The van der Waals surface area contributed by atoms with Gasteiger partial charge in [-0.15, -0.1) is 0 Å². The molecular weight excluding hydrogens is 444 g/mol. The van der Waals surface area contributed by atoms with Gasteiger partial charge in [-0.25, -0.2) is 0 Å². The molecule has 0 radical (unpaired) electrons. The van der Waals surface area contributed by atoms with Gasteiger partial charge >= 0.3 is 0 Å². The normalized spacial score (nSPS) is 15.8. The SMILES string of the molecule is Cc1cccc([S@@](=O)Cc2ccc(C(=O)NCCCN3CCC(Cc4ccccc4)CC3)o2)c1. The molecule has 0 spiro atoms. The van der Waals surface area contributed by atoms with Crippen molar-refractivity contribution in [3.63, 3.8) is 0 Å². The fourth-order valence-corrected chi connectivity index (χ4v) is 5.63. The van der Waals surface area contributed by atoms with Gasteiger partial charge in [-0.1, -0.05) is 42.5 Å². The molecule has 0 saturated carbocycles. The van der Waals surface area contributed by atoms with Crippen LogP contribution in [0.5, 0.6) is 0 Å². The van der Waals surface area contributed by atoms with Crippen molar-refractivity contribution in [1.82, 2.24) is 10.2 Å². The summed E-state index contributed by atoms with van der Waals surface area (Å²) in [6.07, 6.45) is 4.56. The van der Waals surface area contributed by atoms with E-state index in [1.54, 1.807) is 12.1 Å². The summed E-state index contributed by atoms with van der Waals surface area (Å²) in [6, 6.07) is 21.8. The Balaban J connectivity index is 1.13. The van der Waals surface area contributed by atoms with Crippen molar-refractivity contribution in [3.05, 3.63) is 89.4 Å². The maximum absolute atomic E-state index is 12.6. The van der Waals surface area contributed by atoms with Crippen LogP contribution in [0.25, 0.3) is 0 Å². The van der Waals surface area contributed by atoms with Crippen molar-refractivity contribution in [2.45, 2.75) is 43.3 Å². The van der Waals surface area contributed by atoms with Gasteiger partial charge in [-0.3, -0.25) is 9.00 Å². The predicted molar refractivity (Wildman–Crippen MR) is 136 cm³/mol. The molecule has 4 rings (SSSR count). The first kappa shape index (κ1) is 24.4. The van der Waals surface area contributed by atoms with Crippen LogP contribution in [-0.2, 0) is 23.0 Å². The Hall–Kier alpha value is -2.70. The number of benzene rings is 2. The minimum Gasteiger partial charge on any atom is -0.455 e. The summed E-state index contributed by atoms with van der Waals surface area (Å²) in [5.41, 5.74) is 2.51. The van der Waals surface area contributed by atoms with Gasteiger partial charge in [0.25, 0.3) is 5.91 Å². The molecule has 2 heterocycles. The quantitative estimate of drug-likeness (QED) is 0.418. The van der Waals surface area contributed by atoms with E-state index in [0.717, 1.165) is 42.4 Å². The molecule has 0 bridgehead atoms. The largest absolute Gasteiger partial charge is 0.455 e. The summed E-state index contributed by atoms with van der Waals surface area (Å²) in [6.45, 7) is 5.85. The second-order valence-electron chi connectivity index (χ2n) is 9.16. The topological polar surface area (TPSA) is 62.6 Å². The molecule has 180 valence electrons. The van der Waals surface area contributed by atoms with Crippen molar-refractivity contribution in [2.75, 3.05) is 26.2 Å². The number of nitrogens with zero attached hydrogens (tertiary/aromatic N) is 1. The van der Waals surface area contributed by atoms with E-state index in [1.165, 1.54) is 24.8 Å². The van der Waals surface area contributed by atoms with Crippen molar-refractivity contribution in [3.8, 4) is 0 Å². The third-order valence-electron chi connectivity index (χ3n) is 6.42. The Bertz CT molecular complexity index is 1090. The number of carbonyl (C=O) groups excluding carboxylic acids is 1. The van der Waals surface area contributed by atoms with Crippen LogP contribution in [-0.4, -0.2) is 41.2 Å². The average Bonchev–Trinajstić information content (AvgIpc) is 3.32. The van der Waals surface area contributed by atoms with Gasteiger partial charge in [0.1, 0.15) is 5.76 Å². The van der Waals surface area contributed by atoms with Crippen LogP contribution in [0.4, 0.5) is 0 Å². The molecule has 34 heavy (non-hydrogen) atoms. The Labute approximate surface area is 205 Å². The lowest BCUT2D eigenvalue weighted by atomic mass is 9.90. The second-order valence-corrected chi connectivity index (χ2v) is 10.6. The van der Waals surface area contributed by atoms with E-state index in [4.69, 9.17) is 4.42 Å². The van der Waals surface area contributed by atoms with E-state index in [2.05, 4.69) is 40.5 Å². The van der Waals surface area contributed by atoms with Crippen molar-refractivity contribution in [2.24, 2.45) is 5.92 Å². The maximum Gasteiger partial charge on any atom is 0.286 e. The van der Waals surface area contributed by atoms with Gasteiger partial charge in [0.15, 0.2) is 5.76 Å². The summed E-state index contributed by atoms with van der Waals surface area (Å²) in [7, 11) is -1.20. The lowest BCUT2D eigenvalue weighted by Crippen LogP contribution is -2.36. The molecule has 3 aromatic rings. The first-order chi connectivity index (χ1) is 16.6. The van der Waals surface area contributed by atoms with Gasteiger partial charge in [0, 0.05) is 11.4 Å². The van der Waals surface area contributed by atoms with E-state index in [1.807, 2.05) is 31.2 Å². The van der Waals surface area contributed by atoms with Crippen LogP contribution >= 0.6 is 0 Å². The summed E-state index contributed by atoms with van der Waals surface area (Å²) in [5.74, 6) is 1.65.